The Morgan fingerprint density at radius 1 is 1.33 bits per heavy atom. The van der Waals surface area contributed by atoms with Crippen LogP contribution in [0.4, 0.5) is 0 Å². The fraction of sp³-hybridized carbons (Fsp3) is 0.417. The first kappa shape index (κ1) is 12.2. The summed E-state index contributed by atoms with van der Waals surface area (Å²) in [5.74, 6) is 0.0283. The molecular weight excluding hydrogens is 254 g/mol. The maximum Gasteiger partial charge on any atom is 0.216 e. The topological polar surface area (TPSA) is 29.1 Å². The molecule has 0 fully saturated rings. The molecule has 1 rings (SSSR count). The van der Waals surface area contributed by atoms with Crippen LogP contribution in [0.25, 0.3) is 0 Å². The van der Waals surface area contributed by atoms with Gasteiger partial charge in [0.25, 0.3) is 0 Å². The molecule has 0 aromatic heterocycles. The summed E-state index contributed by atoms with van der Waals surface area (Å²) in [6, 6.07) is 4.30. The van der Waals surface area contributed by atoms with E-state index >= 15 is 0 Å². The van der Waals surface area contributed by atoms with E-state index in [4.69, 9.17) is 0 Å². The van der Waals surface area contributed by atoms with Gasteiger partial charge in [-0.15, -0.1) is 0 Å². The first-order valence-corrected chi connectivity index (χ1v) is 5.80. The third-order valence-electron chi connectivity index (χ3n) is 2.28. The Morgan fingerprint density at radius 2 is 1.87 bits per heavy atom. The monoisotopic (exact) mass is 269 g/mol. The van der Waals surface area contributed by atoms with Crippen LogP contribution in [0, 0.1) is 13.8 Å². The smallest absolute Gasteiger partial charge is 0.216 e. The van der Waals surface area contributed by atoms with Crippen molar-refractivity contribution in [3.05, 3.63) is 33.3 Å². The standard InChI is InChI=1S/C12H16BrNO/c1-8-6-11(4-5-14-10(3)15)7-9(2)12(8)13/h6-7H,4-5H2,1-3H3,(H,14,15). The van der Waals surface area contributed by atoms with Crippen LogP contribution in [-0.2, 0) is 11.2 Å². The van der Waals surface area contributed by atoms with Crippen molar-refractivity contribution in [2.75, 3.05) is 6.54 Å². The summed E-state index contributed by atoms with van der Waals surface area (Å²) in [5, 5.41) is 2.80. The molecule has 0 aliphatic heterocycles. The lowest BCUT2D eigenvalue weighted by Crippen LogP contribution is -2.22. The first-order chi connectivity index (χ1) is 7.00. The molecule has 0 unspecified atom stereocenters. The Hall–Kier alpha value is -0.830. The normalized spacial score (nSPS) is 10.1. The number of halogens is 1. The van der Waals surface area contributed by atoms with Gasteiger partial charge in [0, 0.05) is 17.9 Å². The Bertz CT molecular complexity index is 351. The van der Waals surface area contributed by atoms with Crippen LogP contribution in [-0.4, -0.2) is 12.5 Å². The van der Waals surface area contributed by atoms with Crippen LogP contribution in [0.2, 0.25) is 0 Å². The molecule has 2 nitrogen and oxygen atoms in total. The lowest BCUT2D eigenvalue weighted by molar-refractivity contribution is -0.118. The van der Waals surface area contributed by atoms with E-state index in [1.165, 1.54) is 28.1 Å². The van der Waals surface area contributed by atoms with E-state index in [2.05, 4.69) is 47.2 Å². The van der Waals surface area contributed by atoms with Gasteiger partial charge in [-0.2, -0.15) is 0 Å². The summed E-state index contributed by atoms with van der Waals surface area (Å²) in [4.78, 5) is 10.7. The van der Waals surface area contributed by atoms with Gasteiger partial charge in [-0.1, -0.05) is 28.1 Å². The summed E-state index contributed by atoms with van der Waals surface area (Å²) in [6.45, 7) is 6.41. The number of benzene rings is 1. The van der Waals surface area contributed by atoms with Gasteiger partial charge in [0.2, 0.25) is 5.91 Å². The number of rotatable bonds is 3. The number of aryl methyl sites for hydroxylation is 2. The quantitative estimate of drug-likeness (QED) is 0.899. The average molecular weight is 270 g/mol. The first-order valence-electron chi connectivity index (χ1n) is 5.00. The minimum Gasteiger partial charge on any atom is -0.356 e. The summed E-state index contributed by atoms with van der Waals surface area (Å²) in [5.41, 5.74) is 3.75. The summed E-state index contributed by atoms with van der Waals surface area (Å²) >= 11 is 3.53. The molecule has 0 heterocycles. The number of carbonyl (C=O) groups is 1. The van der Waals surface area contributed by atoms with Crippen molar-refractivity contribution >= 4 is 21.8 Å². The second kappa shape index (κ2) is 5.31. The Balaban J connectivity index is 2.66. The second-order valence-corrected chi connectivity index (χ2v) is 4.57. The Labute approximate surface area is 99.2 Å². The van der Waals surface area contributed by atoms with E-state index in [0.29, 0.717) is 6.54 Å². The maximum atomic E-state index is 10.7. The molecule has 0 aliphatic carbocycles. The number of hydrogen-bond donors (Lipinski definition) is 1. The fourth-order valence-corrected chi connectivity index (χ4v) is 1.79. The van der Waals surface area contributed by atoms with E-state index in [0.717, 1.165) is 6.42 Å². The second-order valence-electron chi connectivity index (χ2n) is 3.78. The molecule has 1 aromatic carbocycles. The molecule has 3 heteroatoms. The molecule has 1 N–H and O–H groups in total. The van der Waals surface area contributed by atoms with Crippen LogP contribution in [0.5, 0.6) is 0 Å². The molecule has 1 aromatic rings. The van der Waals surface area contributed by atoms with Gasteiger partial charge in [0.15, 0.2) is 0 Å². The lowest BCUT2D eigenvalue weighted by Gasteiger charge is -2.08. The summed E-state index contributed by atoms with van der Waals surface area (Å²) in [6.07, 6.45) is 0.883. The van der Waals surface area contributed by atoms with Crippen LogP contribution in [0.1, 0.15) is 23.6 Å². The van der Waals surface area contributed by atoms with Crippen molar-refractivity contribution in [2.24, 2.45) is 0 Å². The third kappa shape index (κ3) is 3.67. The molecule has 0 aliphatic rings. The maximum absolute atomic E-state index is 10.7. The molecule has 0 radical (unpaired) electrons. The van der Waals surface area contributed by atoms with Crippen LogP contribution in [0.3, 0.4) is 0 Å². The van der Waals surface area contributed by atoms with Gasteiger partial charge >= 0.3 is 0 Å². The molecule has 0 saturated heterocycles. The highest BCUT2D eigenvalue weighted by molar-refractivity contribution is 9.10. The number of amides is 1. The van der Waals surface area contributed by atoms with Crippen molar-refractivity contribution in [1.82, 2.24) is 5.32 Å². The zero-order valence-electron chi connectivity index (χ0n) is 9.36. The Morgan fingerprint density at radius 3 is 2.33 bits per heavy atom. The van der Waals surface area contributed by atoms with Crippen molar-refractivity contribution in [1.29, 1.82) is 0 Å². The van der Waals surface area contributed by atoms with Crippen LogP contribution >= 0.6 is 15.9 Å². The highest BCUT2D eigenvalue weighted by atomic mass is 79.9. The zero-order valence-corrected chi connectivity index (χ0v) is 10.9. The van der Waals surface area contributed by atoms with E-state index in [-0.39, 0.29) is 5.91 Å². The molecule has 0 atom stereocenters. The summed E-state index contributed by atoms with van der Waals surface area (Å²) < 4.78 is 1.17. The lowest BCUT2D eigenvalue weighted by atomic mass is 10.1. The van der Waals surface area contributed by atoms with Crippen LogP contribution in [0.15, 0.2) is 16.6 Å². The third-order valence-corrected chi connectivity index (χ3v) is 3.53. The van der Waals surface area contributed by atoms with Gasteiger partial charge in [0.05, 0.1) is 0 Å². The van der Waals surface area contributed by atoms with E-state index < -0.39 is 0 Å². The van der Waals surface area contributed by atoms with E-state index in [9.17, 15) is 4.79 Å². The zero-order chi connectivity index (χ0) is 11.4. The average Bonchev–Trinajstić information content (AvgIpc) is 2.13. The highest BCUT2D eigenvalue weighted by Crippen LogP contribution is 2.22. The molecule has 1 amide bonds. The van der Waals surface area contributed by atoms with Gasteiger partial charge in [-0.05, 0) is 37.0 Å². The molecule has 82 valence electrons. The summed E-state index contributed by atoms with van der Waals surface area (Å²) in [7, 11) is 0. The van der Waals surface area contributed by atoms with Crippen molar-refractivity contribution in [2.45, 2.75) is 27.2 Å². The predicted molar refractivity (Wildman–Crippen MR) is 66.0 cm³/mol. The predicted octanol–water partition coefficient (Wildman–Crippen LogP) is 2.74. The van der Waals surface area contributed by atoms with E-state index in [1.807, 2.05) is 0 Å². The van der Waals surface area contributed by atoms with Gasteiger partial charge in [-0.3, -0.25) is 4.79 Å². The van der Waals surface area contributed by atoms with Crippen LogP contribution < -0.4 is 5.32 Å². The number of carbonyl (C=O) groups excluding carboxylic acids is 1. The van der Waals surface area contributed by atoms with Gasteiger partial charge in [0.1, 0.15) is 0 Å². The van der Waals surface area contributed by atoms with Gasteiger partial charge in [-0.25, -0.2) is 0 Å². The SMILES string of the molecule is CC(=O)NCCc1cc(C)c(Br)c(C)c1. The van der Waals surface area contributed by atoms with Crippen molar-refractivity contribution in [3.8, 4) is 0 Å². The largest absolute Gasteiger partial charge is 0.356 e. The molecular formula is C12H16BrNO. The van der Waals surface area contributed by atoms with Crippen molar-refractivity contribution < 1.29 is 4.79 Å². The van der Waals surface area contributed by atoms with Gasteiger partial charge < -0.3 is 5.32 Å². The number of hydrogen-bond acceptors (Lipinski definition) is 1. The molecule has 0 saturated carbocycles. The fourth-order valence-electron chi connectivity index (χ4n) is 1.56. The minimum absolute atomic E-state index is 0.0283. The Kier molecular flexibility index (Phi) is 4.33. The minimum atomic E-state index is 0.0283. The van der Waals surface area contributed by atoms with E-state index in [1.54, 1.807) is 0 Å². The molecule has 15 heavy (non-hydrogen) atoms. The molecule has 0 spiro atoms. The van der Waals surface area contributed by atoms with Crippen molar-refractivity contribution in [3.63, 3.8) is 0 Å². The molecule has 0 bridgehead atoms. The highest BCUT2D eigenvalue weighted by Gasteiger charge is 2.02. The number of nitrogens with one attached hydrogen (secondary N) is 1.